The number of halogens is 1. The molecular formula is C20H18BrNO2. The van der Waals surface area contributed by atoms with Crippen molar-refractivity contribution < 1.29 is 9.90 Å². The lowest BCUT2D eigenvalue weighted by atomic mass is 9.76. The van der Waals surface area contributed by atoms with Crippen molar-refractivity contribution in [2.45, 2.75) is 25.3 Å². The summed E-state index contributed by atoms with van der Waals surface area (Å²) in [6.07, 6.45) is 5.45. The molecule has 0 saturated heterocycles. The SMILES string of the molecule is Cc1ccc([C@@H]2Nc3c(C(=O)O)cc(Br)cc3[C@@H]3C=CC[C@@H]32)cc1. The van der Waals surface area contributed by atoms with E-state index in [1.54, 1.807) is 6.07 Å². The van der Waals surface area contributed by atoms with Crippen LogP contribution in [0.2, 0.25) is 0 Å². The van der Waals surface area contributed by atoms with Gasteiger partial charge in [-0.05, 0) is 42.5 Å². The molecule has 0 spiro atoms. The Labute approximate surface area is 149 Å². The Kier molecular flexibility index (Phi) is 3.72. The molecule has 122 valence electrons. The van der Waals surface area contributed by atoms with E-state index in [9.17, 15) is 9.90 Å². The van der Waals surface area contributed by atoms with Gasteiger partial charge in [-0.3, -0.25) is 0 Å². The molecule has 2 N–H and O–H groups in total. The summed E-state index contributed by atoms with van der Waals surface area (Å²) in [5.74, 6) is -0.234. The van der Waals surface area contributed by atoms with E-state index in [1.165, 1.54) is 11.1 Å². The minimum absolute atomic E-state index is 0.123. The van der Waals surface area contributed by atoms with Crippen molar-refractivity contribution in [1.29, 1.82) is 0 Å². The van der Waals surface area contributed by atoms with Gasteiger partial charge in [-0.1, -0.05) is 57.9 Å². The molecule has 3 atom stereocenters. The van der Waals surface area contributed by atoms with Gasteiger partial charge in [0, 0.05) is 10.4 Å². The normalized spacial score (nSPS) is 24.2. The summed E-state index contributed by atoms with van der Waals surface area (Å²) < 4.78 is 0.813. The average molecular weight is 384 g/mol. The fourth-order valence-corrected chi connectivity index (χ4v) is 4.41. The van der Waals surface area contributed by atoms with E-state index in [1.807, 2.05) is 6.07 Å². The number of allylic oxidation sites excluding steroid dienone is 2. The van der Waals surface area contributed by atoms with Crippen LogP contribution in [0.3, 0.4) is 0 Å². The number of aromatic carboxylic acids is 1. The smallest absolute Gasteiger partial charge is 0.337 e. The Morgan fingerprint density at radius 3 is 2.71 bits per heavy atom. The molecular weight excluding hydrogens is 366 g/mol. The second-order valence-electron chi connectivity index (χ2n) is 6.61. The average Bonchev–Trinajstić information content (AvgIpc) is 3.04. The van der Waals surface area contributed by atoms with Gasteiger partial charge in [-0.2, -0.15) is 0 Å². The van der Waals surface area contributed by atoms with Crippen molar-refractivity contribution in [1.82, 2.24) is 0 Å². The Bertz CT molecular complexity index is 841. The highest BCUT2D eigenvalue weighted by atomic mass is 79.9. The Morgan fingerprint density at radius 2 is 2.00 bits per heavy atom. The van der Waals surface area contributed by atoms with Crippen LogP contribution in [0.5, 0.6) is 0 Å². The van der Waals surface area contributed by atoms with E-state index < -0.39 is 5.97 Å². The van der Waals surface area contributed by atoms with Gasteiger partial charge in [0.1, 0.15) is 0 Å². The van der Waals surface area contributed by atoms with Gasteiger partial charge in [0.15, 0.2) is 0 Å². The van der Waals surface area contributed by atoms with E-state index in [4.69, 9.17) is 0 Å². The van der Waals surface area contributed by atoms with Gasteiger partial charge in [-0.15, -0.1) is 0 Å². The van der Waals surface area contributed by atoms with Crippen LogP contribution in [0.4, 0.5) is 5.69 Å². The predicted octanol–water partition coefficient (Wildman–Crippen LogP) is 5.28. The summed E-state index contributed by atoms with van der Waals surface area (Å²) in [5.41, 5.74) is 4.60. The van der Waals surface area contributed by atoms with E-state index in [-0.39, 0.29) is 12.0 Å². The molecule has 0 saturated carbocycles. The maximum atomic E-state index is 11.7. The zero-order chi connectivity index (χ0) is 16.8. The molecule has 0 unspecified atom stereocenters. The van der Waals surface area contributed by atoms with Crippen LogP contribution in [0.1, 0.15) is 45.4 Å². The molecule has 4 rings (SSSR count). The second-order valence-corrected chi connectivity index (χ2v) is 7.52. The quantitative estimate of drug-likeness (QED) is 0.693. The number of nitrogens with one attached hydrogen (secondary N) is 1. The van der Waals surface area contributed by atoms with Gasteiger partial charge >= 0.3 is 5.97 Å². The van der Waals surface area contributed by atoms with Crippen molar-refractivity contribution in [2.75, 3.05) is 5.32 Å². The number of aryl methyl sites for hydroxylation is 1. The fourth-order valence-electron chi connectivity index (χ4n) is 3.94. The van der Waals surface area contributed by atoms with Crippen LogP contribution in [-0.2, 0) is 0 Å². The molecule has 2 aliphatic rings. The van der Waals surface area contributed by atoms with Gasteiger partial charge in [0.25, 0.3) is 0 Å². The third kappa shape index (κ3) is 2.46. The lowest BCUT2D eigenvalue weighted by Crippen LogP contribution is -2.30. The Morgan fingerprint density at radius 1 is 1.25 bits per heavy atom. The van der Waals surface area contributed by atoms with Crippen molar-refractivity contribution in [2.24, 2.45) is 5.92 Å². The molecule has 0 amide bonds. The first kappa shape index (κ1) is 15.5. The number of carboxylic acid groups (broad SMARTS) is 1. The summed E-state index contributed by atoms with van der Waals surface area (Å²) in [4.78, 5) is 11.7. The van der Waals surface area contributed by atoms with Crippen molar-refractivity contribution in [3.63, 3.8) is 0 Å². The van der Waals surface area contributed by atoms with Gasteiger partial charge in [0.2, 0.25) is 0 Å². The molecule has 4 heteroatoms. The highest BCUT2D eigenvalue weighted by Gasteiger charge is 2.39. The molecule has 1 aliphatic heterocycles. The number of hydrogen-bond acceptors (Lipinski definition) is 2. The maximum absolute atomic E-state index is 11.7. The van der Waals surface area contributed by atoms with Crippen molar-refractivity contribution in [3.05, 3.63) is 75.3 Å². The van der Waals surface area contributed by atoms with Gasteiger partial charge in [0.05, 0.1) is 17.3 Å². The zero-order valence-corrected chi connectivity index (χ0v) is 14.9. The van der Waals surface area contributed by atoms with Gasteiger partial charge < -0.3 is 10.4 Å². The highest BCUT2D eigenvalue weighted by molar-refractivity contribution is 9.10. The first-order chi connectivity index (χ1) is 11.5. The number of rotatable bonds is 2. The summed E-state index contributed by atoms with van der Waals surface area (Å²) in [7, 11) is 0. The van der Waals surface area contributed by atoms with E-state index in [2.05, 4.69) is 64.6 Å². The number of benzene rings is 2. The second kappa shape index (κ2) is 5.78. The third-order valence-electron chi connectivity index (χ3n) is 5.10. The minimum Gasteiger partial charge on any atom is -0.478 e. The monoisotopic (exact) mass is 383 g/mol. The third-order valence-corrected chi connectivity index (χ3v) is 5.56. The molecule has 1 aliphatic carbocycles. The molecule has 2 aromatic carbocycles. The number of carbonyl (C=O) groups is 1. The van der Waals surface area contributed by atoms with E-state index in [0.29, 0.717) is 11.5 Å². The Balaban J connectivity index is 1.86. The molecule has 24 heavy (non-hydrogen) atoms. The van der Waals surface area contributed by atoms with Crippen molar-refractivity contribution >= 4 is 27.6 Å². The topological polar surface area (TPSA) is 49.3 Å². The molecule has 1 heterocycles. The van der Waals surface area contributed by atoms with E-state index in [0.717, 1.165) is 22.1 Å². The molecule has 0 radical (unpaired) electrons. The zero-order valence-electron chi connectivity index (χ0n) is 13.3. The largest absolute Gasteiger partial charge is 0.478 e. The summed E-state index contributed by atoms with van der Waals surface area (Å²) in [6, 6.07) is 12.4. The van der Waals surface area contributed by atoms with E-state index >= 15 is 0 Å². The first-order valence-corrected chi connectivity index (χ1v) is 8.90. The summed E-state index contributed by atoms with van der Waals surface area (Å²) in [6.45, 7) is 2.08. The molecule has 0 fully saturated rings. The van der Waals surface area contributed by atoms with Crippen molar-refractivity contribution in [3.8, 4) is 0 Å². The number of hydrogen-bond donors (Lipinski definition) is 2. The van der Waals surface area contributed by atoms with Crippen LogP contribution >= 0.6 is 15.9 Å². The van der Waals surface area contributed by atoms with Gasteiger partial charge in [-0.25, -0.2) is 4.79 Å². The van der Waals surface area contributed by atoms with Crippen LogP contribution in [0.25, 0.3) is 0 Å². The summed E-state index contributed by atoms with van der Waals surface area (Å²) >= 11 is 3.46. The molecule has 3 nitrogen and oxygen atoms in total. The summed E-state index contributed by atoms with van der Waals surface area (Å²) in [5, 5.41) is 13.2. The van der Waals surface area contributed by atoms with Crippen LogP contribution in [-0.4, -0.2) is 11.1 Å². The maximum Gasteiger partial charge on any atom is 0.337 e. The lowest BCUT2D eigenvalue weighted by Gasteiger charge is -2.38. The number of fused-ring (bicyclic) bond motifs is 3. The predicted molar refractivity (Wildman–Crippen MR) is 98.6 cm³/mol. The number of carboxylic acids is 1. The standard InChI is InChI=1S/C20H18BrNO2/c1-11-5-7-12(8-6-11)18-15-4-2-3-14(15)16-9-13(21)10-17(20(23)24)19(16)22-18/h2-3,5-10,14-15,18,22H,4H2,1H3,(H,23,24)/t14-,15+,18+/m1/s1. The minimum atomic E-state index is -0.900. The first-order valence-electron chi connectivity index (χ1n) is 8.11. The molecule has 0 aromatic heterocycles. The van der Waals surface area contributed by atoms with Crippen LogP contribution < -0.4 is 5.32 Å². The van der Waals surface area contributed by atoms with Crippen LogP contribution in [0, 0.1) is 12.8 Å². The fraction of sp³-hybridized carbons (Fsp3) is 0.250. The lowest BCUT2D eigenvalue weighted by molar-refractivity contribution is 0.0697. The van der Waals surface area contributed by atoms with Crippen LogP contribution in [0.15, 0.2) is 53.0 Å². The highest BCUT2D eigenvalue weighted by Crippen LogP contribution is 2.51. The number of anilines is 1. The molecule has 0 bridgehead atoms. The molecule has 2 aromatic rings. The Hall–Kier alpha value is -2.07.